The Morgan fingerprint density at radius 2 is 2.22 bits per heavy atom. The highest BCUT2D eigenvalue weighted by molar-refractivity contribution is 5.75. The summed E-state index contributed by atoms with van der Waals surface area (Å²) in [4.78, 5) is 11.8. The summed E-state index contributed by atoms with van der Waals surface area (Å²) in [6.07, 6.45) is 4.10. The number of aryl methyl sites for hydroxylation is 1. The Kier molecular flexibility index (Phi) is 5.51. The van der Waals surface area contributed by atoms with Crippen molar-refractivity contribution in [1.82, 2.24) is 0 Å². The fourth-order valence-corrected chi connectivity index (χ4v) is 2.94. The van der Waals surface area contributed by atoms with Crippen LogP contribution in [-0.2, 0) is 32.0 Å². The first-order valence-corrected chi connectivity index (χ1v) is 8.44. The third-order valence-corrected chi connectivity index (χ3v) is 4.20. The van der Waals surface area contributed by atoms with Crippen molar-refractivity contribution in [3.05, 3.63) is 29.3 Å². The van der Waals surface area contributed by atoms with Crippen molar-refractivity contribution in [3.63, 3.8) is 0 Å². The summed E-state index contributed by atoms with van der Waals surface area (Å²) in [6.45, 7) is 3.45. The number of fused-ring (bicyclic) bond motifs is 1. The van der Waals surface area contributed by atoms with E-state index in [-0.39, 0.29) is 12.3 Å². The average molecular weight is 320 g/mol. The van der Waals surface area contributed by atoms with Crippen LogP contribution >= 0.6 is 0 Å². The predicted molar refractivity (Wildman–Crippen MR) is 84.2 cm³/mol. The van der Waals surface area contributed by atoms with E-state index in [1.807, 2.05) is 6.07 Å². The summed E-state index contributed by atoms with van der Waals surface area (Å²) < 4.78 is 22.2. The molecule has 3 rings (SSSR count). The van der Waals surface area contributed by atoms with Gasteiger partial charge in [0.05, 0.1) is 13.2 Å². The Morgan fingerprint density at radius 1 is 1.30 bits per heavy atom. The third kappa shape index (κ3) is 4.24. The maximum absolute atomic E-state index is 11.8. The van der Waals surface area contributed by atoms with Crippen molar-refractivity contribution in [2.75, 3.05) is 13.2 Å². The zero-order chi connectivity index (χ0) is 16.1. The van der Waals surface area contributed by atoms with Gasteiger partial charge in [-0.2, -0.15) is 0 Å². The normalized spacial score (nSPS) is 23.7. The van der Waals surface area contributed by atoms with E-state index in [9.17, 15) is 4.79 Å². The lowest BCUT2D eigenvalue weighted by atomic mass is 10.0. The highest BCUT2D eigenvalue weighted by Crippen LogP contribution is 2.29. The molecular formula is C18H24O5. The molecule has 23 heavy (non-hydrogen) atoms. The summed E-state index contributed by atoms with van der Waals surface area (Å²) in [5, 5.41) is 0. The van der Waals surface area contributed by atoms with Gasteiger partial charge in [0.2, 0.25) is 0 Å². The van der Waals surface area contributed by atoms with Crippen LogP contribution in [0.15, 0.2) is 18.2 Å². The Hall–Kier alpha value is -1.59. The molecule has 2 aliphatic rings. The molecule has 0 bridgehead atoms. The maximum Gasteiger partial charge on any atom is 0.347 e. The van der Waals surface area contributed by atoms with Crippen LogP contribution in [0.25, 0.3) is 0 Å². The van der Waals surface area contributed by atoms with E-state index < -0.39 is 6.10 Å². The van der Waals surface area contributed by atoms with E-state index in [1.54, 1.807) is 6.92 Å². The fraction of sp³-hybridized carbons (Fsp3) is 0.611. The molecule has 0 aromatic heterocycles. The first-order chi connectivity index (χ1) is 11.3. The van der Waals surface area contributed by atoms with Crippen molar-refractivity contribution in [2.45, 2.75) is 58.0 Å². The minimum atomic E-state index is -0.500. The molecule has 1 saturated heterocycles. The fourth-order valence-electron chi connectivity index (χ4n) is 2.94. The molecular weight excluding hydrogens is 296 g/mol. The largest absolute Gasteiger partial charge is 0.478 e. The quantitative estimate of drug-likeness (QED) is 0.781. The molecule has 2 unspecified atom stereocenters. The number of ether oxygens (including phenoxy) is 4. The Bertz CT molecular complexity index is 536. The van der Waals surface area contributed by atoms with Crippen LogP contribution in [0, 0.1) is 0 Å². The van der Waals surface area contributed by atoms with Gasteiger partial charge in [-0.05, 0) is 56.2 Å². The second kappa shape index (κ2) is 7.79. The van der Waals surface area contributed by atoms with Crippen LogP contribution in [0.1, 0.15) is 43.7 Å². The van der Waals surface area contributed by atoms with E-state index in [4.69, 9.17) is 18.9 Å². The highest BCUT2D eigenvalue weighted by Gasteiger charge is 2.27. The zero-order valence-electron chi connectivity index (χ0n) is 13.6. The second-order valence-corrected chi connectivity index (χ2v) is 5.95. The minimum Gasteiger partial charge on any atom is -0.478 e. The van der Waals surface area contributed by atoms with Gasteiger partial charge >= 0.3 is 5.97 Å². The smallest absolute Gasteiger partial charge is 0.347 e. The molecule has 5 heteroatoms. The summed E-state index contributed by atoms with van der Waals surface area (Å²) in [5.41, 5.74) is 2.16. The van der Waals surface area contributed by atoms with E-state index in [1.165, 1.54) is 0 Å². The van der Waals surface area contributed by atoms with E-state index in [0.29, 0.717) is 19.6 Å². The Labute approximate surface area is 136 Å². The van der Waals surface area contributed by atoms with Crippen molar-refractivity contribution in [1.29, 1.82) is 0 Å². The van der Waals surface area contributed by atoms with Gasteiger partial charge in [0.15, 0.2) is 12.4 Å². The molecule has 0 N–H and O–H groups in total. The van der Waals surface area contributed by atoms with Gasteiger partial charge in [0.25, 0.3) is 0 Å². The minimum absolute atomic E-state index is 0.104. The van der Waals surface area contributed by atoms with Crippen LogP contribution in [0.2, 0.25) is 0 Å². The molecule has 2 heterocycles. The summed E-state index contributed by atoms with van der Waals surface area (Å²) in [7, 11) is 0. The molecule has 1 aromatic rings. The van der Waals surface area contributed by atoms with Gasteiger partial charge in [0, 0.05) is 6.61 Å². The van der Waals surface area contributed by atoms with E-state index in [0.717, 1.165) is 49.2 Å². The molecule has 0 saturated carbocycles. The van der Waals surface area contributed by atoms with Gasteiger partial charge in [-0.3, -0.25) is 0 Å². The molecule has 2 atom stereocenters. The van der Waals surface area contributed by atoms with Gasteiger partial charge in [-0.15, -0.1) is 0 Å². The summed E-state index contributed by atoms with van der Waals surface area (Å²) >= 11 is 0. The molecule has 5 nitrogen and oxygen atoms in total. The van der Waals surface area contributed by atoms with Crippen molar-refractivity contribution < 1.29 is 23.7 Å². The third-order valence-electron chi connectivity index (χ3n) is 4.20. The second-order valence-electron chi connectivity index (χ2n) is 5.95. The van der Waals surface area contributed by atoms with Gasteiger partial charge in [-0.25, -0.2) is 4.79 Å². The average Bonchev–Trinajstić information content (AvgIpc) is 2.60. The van der Waals surface area contributed by atoms with Crippen molar-refractivity contribution >= 4 is 5.97 Å². The van der Waals surface area contributed by atoms with Gasteiger partial charge in [0.1, 0.15) is 5.75 Å². The molecule has 126 valence electrons. The van der Waals surface area contributed by atoms with E-state index >= 15 is 0 Å². The summed E-state index contributed by atoms with van der Waals surface area (Å²) in [5.74, 6) is 0.482. The van der Waals surface area contributed by atoms with Gasteiger partial charge in [-0.1, -0.05) is 12.1 Å². The highest BCUT2D eigenvalue weighted by atomic mass is 16.7. The van der Waals surface area contributed by atoms with Crippen LogP contribution in [0.5, 0.6) is 5.75 Å². The number of carbonyl (C=O) groups is 1. The molecule has 0 amide bonds. The van der Waals surface area contributed by atoms with Crippen molar-refractivity contribution in [2.24, 2.45) is 0 Å². The van der Waals surface area contributed by atoms with Crippen LogP contribution in [0.3, 0.4) is 0 Å². The number of hydrogen-bond acceptors (Lipinski definition) is 5. The van der Waals surface area contributed by atoms with E-state index in [2.05, 4.69) is 12.1 Å². The number of carbonyl (C=O) groups excluding carboxylic acids is 1. The SMILES string of the molecule is CCOC(=O)C1CCc2ccc(COC3CCCCO3)cc2O1. The van der Waals surface area contributed by atoms with Crippen LogP contribution in [0.4, 0.5) is 0 Å². The Morgan fingerprint density at radius 3 is 3.00 bits per heavy atom. The monoisotopic (exact) mass is 320 g/mol. The summed E-state index contributed by atoms with van der Waals surface area (Å²) in [6, 6.07) is 6.07. The standard InChI is InChI=1S/C18H24O5/c1-2-20-18(19)15-9-8-14-7-6-13(11-16(14)23-15)12-22-17-5-3-4-10-21-17/h6-7,11,15,17H,2-5,8-10,12H2,1H3. The maximum atomic E-state index is 11.8. The number of esters is 1. The van der Waals surface area contributed by atoms with Gasteiger partial charge < -0.3 is 18.9 Å². The molecule has 0 aliphatic carbocycles. The number of benzene rings is 1. The lowest BCUT2D eigenvalue weighted by molar-refractivity contribution is -0.168. The lowest BCUT2D eigenvalue weighted by Crippen LogP contribution is -2.32. The molecule has 2 aliphatic heterocycles. The lowest BCUT2D eigenvalue weighted by Gasteiger charge is -2.26. The topological polar surface area (TPSA) is 54.0 Å². The zero-order valence-corrected chi connectivity index (χ0v) is 13.6. The predicted octanol–water partition coefficient (Wildman–Crippen LogP) is 2.99. The number of rotatable bonds is 5. The van der Waals surface area contributed by atoms with Crippen molar-refractivity contribution in [3.8, 4) is 5.75 Å². The molecule has 1 aromatic carbocycles. The first kappa shape index (κ1) is 16.3. The molecule has 0 spiro atoms. The first-order valence-electron chi connectivity index (χ1n) is 8.44. The van der Waals surface area contributed by atoms with Crippen LogP contribution in [-0.4, -0.2) is 31.6 Å². The molecule has 1 fully saturated rings. The molecule has 0 radical (unpaired) electrons. The Balaban J connectivity index is 1.59. The van der Waals surface area contributed by atoms with Crippen LogP contribution < -0.4 is 4.74 Å². The number of hydrogen-bond donors (Lipinski definition) is 0.